The van der Waals surface area contributed by atoms with Crippen molar-refractivity contribution in [3.05, 3.63) is 22.7 Å². The molecule has 0 aromatic heterocycles. The molecule has 1 fully saturated rings. The molecule has 0 unspecified atom stereocenters. The molecule has 1 aromatic rings. The number of carbonyl (C=O) groups is 1. The van der Waals surface area contributed by atoms with E-state index in [1.807, 2.05) is 6.07 Å². The topological polar surface area (TPSA) is 75.6 Å². The van der Waals surface area contributed by atoms with E-state index in [1.165, 1.54) is 0 Å². The fourth-order valence-corrected chi connectivity index (χ4v) is 2.51. The highest BCUT2D eigenvalue weighted by Crippen LogP contribution is 2.33. The molecule has 1 saturated heterocycles. The van der Waals surface area contributed by atoms with Gasteiger partial charge >= 0.3 is 0 Å². The maximum absolute atomic E-state index is 11.4. The minimum Gasteiger partial charge on any atom is -0.398 e. The molecule has 6 heteroatoms. The lowest BCUT2D eigenvalue weighted by molar-refractivity contribution is 0.100. The van der Waals surface area contributed by atoms with Gasteiger partial charge in [-0.3, -0.25) is 4.79 Å². The van der Waals surface area contributed by atoms with Gasteiger partial charge < -0.3 is 21.3 Å². The Hall–Kier alpha value is -1.46. The molecule has 1 aromatic carbocycles. The van der Waals surface area contributed by atoms with Crippen LogP contribution in [0.5, 0.6) is 0 Å². The average molecular weight is 269 g/mol. The van der Waals surface area contributed by atoms with E-state index in [-0.39, 0.29) is 5.56 Å². The normalized spacial score (nSPS) is 16.9. The van der Waals surface area contributed by atoms with Crippen molar-refractivity contribution >= 4 is 28.9 Å². The highest BCUT2D eigenvalue weighted by Gasteiger charge is 2.21. The summed E-state index contributed by atoms with van der Waals surface area (Å²) in [5.74, 6) is -0.589. The summed E-state index contributed by atoms with van der Waals surface area (Å²) in [7, 11) is 2.08. The molecule has 0 bridgehead atoms. The molecular formula is C12H17ClN4O. The number of hydrogen-bond acceptors (Lipinski definition) is 4. The van der Waals surface area contributed by atoms with Crippen molar-refractivity contribution in [3.8, 4) is 0 Å². The van der Waals surface area contributed by atoms with Crippen molar-refractivity contribution in [3.63, 3.8) is 0 Å². The first-order chi connectivity index (χ1) is 8.50. The predicted octanol–water partition coefficient (Wildman–Crippen LogP) is 0.773. The number of hydrogen-bond donors (Lipinski definition) is 2. The lowest BCUT2D eigenvalue weighted by Crippen LogP contribution is -2.44. The van der Waals surface area contributed by atoms with E-state index < -0.39 is 5.91 Å². The summed E-state index contributed by atoms with van der Waals surface area (Å²) in [4.78, 5) is 15.8. The van der Waals surface area contributed by atoms with Crippen LogP contribution in [0.15, 0.2) is 12.1 Å². The predicted molar refractivity (Wildman–Crippen MR) is 74.1 cm³/mol. The Kier molecular flexibility index (Phi) is 3.63. The van der Waals surface area contributed by atoms with Crippen LogP contribution in [-0.2, 0) is 0 Å². The zero-order valence-corrected chi connectivity index (χ0v) is 11.1. The molecule has 0 atom stereocenters. The van der Waals surface area contributed by atoms with E-state index in [1.54, 1.807) is 6.07 Å². The van der Waals surface area contributed by atoms with Gasteiger partial charge in [-0.15, -0.1) is 0 Å². The number of primary amides is 1. The van der Waals surface area contributed by atoms with Gasteiger partial charge in [-0.2, -0.15) is 0 Å². The first kappa shape index (κ1) is 13.0. The number of benzene rings is 1. The van der Waals surface area contributed by atoms with Gasteiger partial charge in [0, 0.05) is 31.9 Å². The summed E-state index contributed by atoms with van der Waals surface area (Å²) in [5, 5.41) is 0.354. The van der Waals surface area contributed by atoms with Crippen LogP contribution in [0.1, 0.15) is 10.4 Å². The number of piperazine rings is 1. The Morgan fingerprint density at radius 1 is 1.28 bits per heavy atom. The Morgan fingerprint density at radius 3 is 2.44 bits per heavy atom. The van der Waals surface area contributed by atoms with Crippen LogP contribution in [0, 0.1) is 0 Å². The molecule has 2 rings (SSSR count). The monoisotopic (exact) mass is 268 g/mol. The fraction of sp³-hybridized carbons (Fsp3) is 0.417. The van der Waals surface area contributed by atoms with Crippen molar-refractivity contribution < 1.29 is 4.79 Å². The van der Waals surface area contributed by atoms with Crippen LogP contribution >= 0.6 is 11.6 Å². The summed E-state index contributed by atoms with van der Waals surface area (Å²) >= 11 is 6.24. The molecule has 1 aliphatic heterocycles. The first-order valence-corrected chi connectivity index (χ1v) is 6.19. The van der Waals surface area contributed by atoms with Crippen molar-refractivity contribution in [1.29, 1.82) is 0 Å². The number of halogens is 1. The highest BCUT2D eigenvalue weighted by atomic mass is 35.5. The number of anilines is 2. The van der Waals surface area contributed by atoms with Gasteiger partial charge in [0.25, 0.3) is 5.91 Å². The second kappa shape index (κ2) is 5.04. The third-order valence-electron chi connectivity index (χ3n) is 3.24. The van der Waals surface area contributed by atoms with Crippen molar-refractivity contribution in [1.82, 2.24) is 4.90 Å². The van der Waals surface area contributed by atoms with E-state index in [9.17, 15) is 4.79 Å². The molecule has 98 valence electrons. The molecule has 0 radical (unpaired) electrons. The van der Waals surface area contributed by atoms with Gasteiger partial charge in [0.05, 0.1) is 16.3 Å². The quantitative estimate of drug-likeness (QED) is 0.777. The number of nitrogens with two attached hydrogens (primary N) is 2. The number of carbonyl (C=O) groups excluding carboxylic acids is 1. The lowest BCUT2D eigenvalue weighted by atomic mass is 10.1. The molecule has 18 heavy (non-hydrogen) atoms. The second-order valence-electron chi connectivity index (χ2n) is 4.52. The van der Waals surface area contributed by atoms with Gasteiger partial charge in [0.15, 0.2) is 0 Å². The lowest BCUT2D eigenvalue weighted by Gasteiger charge is -2.34. The SMILES string of the molecule is CN1CCN(c2ccc(N)c(C(N)=O)c2Cl)CC1. The summed E-state index contributed by atoms with van der Waals surface area (Å²) in [6.45, 7) is 3.68. The van der Waals surface area contributed by atoms with E-state index in [4.69, 9.17) is 23.1 Å². The first-order valence-electron chi connectivity index (χ1n) is 5.82. The maximum atomic E-state index is 11.4. The van der Waals surface area contributed by atoms with Gasteiger partial charge in [-0.1, -0.05) is 11.6 Å². The fourth-order valence-electron chi connectivity index (χ4n) is 2.12. The van der Waals surface area contributed by atoms with Crippen LogP contribution in [0.2, 0.25) is 5.02 Å². The summed E-state index contributed by atoms with van der Waals surface area (Å²) in [6, 6.07) is 3.52. The summed E-state index contributed by atoms with van der Waals surface area (Å²) in [5.41, 5.74) is 12.4. The maximum Gasteiger partial charge on any atom is 0.252 e. The molecule has 0 spiro atoms. The third-order valence-corrected chi connectivity index (χ3v) is 3.63. The zero-order valence-electron chi connectivity index (χ0n) is 10.3. The zero-order chi connectivity index (χ0) is 13.3. The van der Waals surface area contributed by atoms with Crippen molar-refractivity contribution in [2.75, 3.05) is 43.9 Å². The van der Waals surface area contributed by atoms with Crippen LogP contribution in [-0.4, -0.2) is 44.0 Å². The van der Waals surface area contributed by atoms with Crippen LogP contribution in [0.3, 0.4) is 0 Å². The van der Waals surface area contributed by atoms with Crippen LogP contribution in [0.25, 0.3) is 0 Å². The minimum atomic E-state index is -0.589. The molecule has 4 N–H and O–H groups in total. The van der Waals surface area contributed by atoms with Crippen molar-refractivity contribution in [2.24, 2.45) is 5.73 Å². The Morgan fingerprint density at radius 2 is 1.89 bits per heavy atom. The Bertz CT molecular complexity index is 469. The number of rotatable bonds is 2. The Labute approximate surface area is 111 Å². The largest absolute Gasteiger partial charge is 0.398 e. The molecule has 5 nitrogen and oxygen atoms in total. The Balaban J connectivity index is 2.34. The number of likely N-dealkylation sites (N-methyl/N-ethyl adjacent to an activating group) is 1. The van der Waals surface area contributed by atoms with Gasteiger partial charge in [-0.05, 0) is 19.2 Å². The van der Waals surface area contributed by atoms with Crippen LogP contribution in [0.4, 0.5) is 11.4 Å². The van der Waals surface area contributed by atoms with Gasteiger partial charge in [-0.25, -0.2) is 0 Å². The molecule has 1 amide bonds. The van der Waals surface area contributed by atoms with E-state index >= 15 is 0 Å². The van der Waals surface area contributed by atoms with Gasteiger partial charge in [0.2, 0.25) is 0 Å². The third kappa shape index (κ3) is 2.37. The average Bonchev–Trinajstić information content (AvgIpc) is 2.30. The highest BCUT2D eigenvalue weighted by molar-refractivity contribution is 6.37. The van der Waals surface area contributed by atoms with Crippen LogP contribution < -0.4 is 16.4 Å². The summed E-state index contributed by atoms with van der Waals surface area (Å²) in [6.07, 6.45) is 0. The smallest absolute Gasteiger partial charge is 0.252 e. The van der Waals surface area contributed by atoms with Crippen molar-refractivity contribution in [2.45, 2.75) is 0 Å². The van der Waals surface area contributed by atoms with Gasteiger partial charge in [0.1, 0.15) is 0 Å². The number of nitrogen functional groups attached to an aromatic ring is 1. The molecule has 1 aliphatic rings. The van der Waals surface area contributed by atoms with E-state index in [2.05, 4.69) is 16.8 Å². The standard InChI is InChI=1S/C12H17ClN4O/c1-16-4-6-17(7-5-16)9-3-2-8(14)10(11(9)13)12(15)18/h2-3H,4-7,14H2,1H3,(H2,15,18). The second-order valence-corrected chi connectivity index (χ2v) is 4.90. The number of nitrogens with zero attached hydrogens (tertiary/aromatic N) is 2. The molecule has 0 aliphatic carbocycles. The van der Waals surface area contributed by atoms with E-state index in [0.29, 0.717) is 10.7 Å². The van der Waals surface area contributed by atoms with E-state index in [0.717, 1.165) is 31.9 Å². The minimum absolute atomic E-state index is 0.216. The number of amides is 1. The summed E-state index contributed by atoms with van der Waals surface area (Å²) < 4.78 is 0. The molecule has 0 saturated carbocycles. The molecular weight excluding hydrogens is 252 g/mol. The molecule has 1 heterocycles.